The maximum Gasteiger partial charge on any atom is 0.300 e. The lowest BCUT2D eigenvalue weighted by molar-refractivity contribution is -0.114. The summed E-state index contributed by atoms with van der Waals surface area (Å²) in [7, 11) is -3.56. The van der Waals surface area contributed by atoms with E-state index in [1.165, 1.54) is 9.21 Å². The second-order valence-corrected chi connectivity index (χ2v) is 9.42. The number of aryl methyl sites for hydroxylation is 2. The fourth-order valence-electron chi connectivity index (χ4n) is 3.82. The van der Waals surface area contributed by atoms with Crippen LogP contribution in [0.1, 0.15) is 21.5 Å². The van der Waals surface area contributed by atoms with Gasteiger partial charge in [-0.05, 0) is 43.2 Å². The van der Waals surface area contributed by atoms with Crippen LogP contribution in [0.5, 0.6) is 0 Å². The van der Waals surface area contributed by atoms with E-state index in [4.69, 9.17) is 0 Å². The van der Waals surface area contributed by atoms with Crippen molar-refractivity contribution in [3.8, 4) is 0 Å². The van der Waals surface area contributed by atoms with Gasteiger partial charge in [-0.3, -0.25) is 19.4 Å². The first-order valence-electron chi connectivity index (χ1n) is 9.54. The first kappa shape index (κ1) is 19.8. The van der Waals surface area contributed by atoms with Crippen LogP contribution in [0.2, 0.25) is 0 Å². The van der Waals surface area contributed by atoms with Crippen molar-refractivity contribution in [2.24, 2.45) is 0 Å². The van der Waals surface area contributed by atoms with Crippen LogP contribution in [0.4, 0.5) is 5.69 Å². The molecule has 0 unspecified atom stereocenters. The number of Topliss-reactive ketones (excluding diaryl/α,β-unsaturated/α-hetero) is 1. The summed E-state index contributed by atoms with van der Waals surface area (Å²) in [5.74, 6) is -1.02. The SMILES string of the molecule is Cc1ccc(C)c(S(=O)(=O)N2CCN(CN3C(=O)C(=O)c4ccccc43)CC2)c1. The van der Waals surface area contributed by atoms with Crippen molar-refractivity contribution in [3.63, 3.8) is 0 Å². The van der Waals surface area contributed by atoms with E-state index in [2.05, 4.69) is 0 Å². The Bertz CT molecular complexity index is 1090. The highest BCUT2D eigenvalue weighted by Gasteiger charge is 2.37. The fraction of sp³-hybridized carbons (Fsp3) is 0.333. The van der Waals surface area contributed by atoms with Gasteiger partial charge in [-0.15, -0.1) is 0 Å². The molecule has 0 atom stereocenters. The zero-order chi connectivity index (χ0) is 20.8. The summed E-state index contributed by atoms with van der Waals surface area (Å²) in [6.45, 7) is 5.62. The van der Waals surface area contributed by atoms with Crippen LogP contribution in [0, 0.1) is 13.8 Å². The zero-order valence-electron chi connectivity index (χ0n) is 16.5. The van der Waals surface area contributed by atoms with Crippen molar-refractivity contribution in [1.29, 1.82) is 0 Å². The molecule has 8 heteroatoms. The number of fused-ring (bicyclic) bond motifs is 1. The minimum atomic E-state index is -3.56. The molecule has 2 aromatic carbocycles. The van der Waals surface area contributed by atoms with Crippen molar-refractivity contribution in [1.82, 2.24) is 9.21 Å². The Kier molecular flexibility index (Phi) is 5.02. The first-order valence-corrected chi connectivity index (χ1v) is 11.0. The maximum absolute atomic E-state index is 13.1. The third-order valence-corrected chi connectivity index (χ3v) is 7.55. The smallest absolute Gasteiger partial charge is 0.291 e. The number of carbonyl (C=O) groups is 2. The van der Waals surface area contributed by atoms with Crippen LogP contribution in [0.25, 0.3) is 0 Å². The molecular formula is C21H23N3O4S. The van der Waals surface area contributed by atoms with Gasteiger partial charge in [0.1, 0.15) is 0 Å². The topological polar surface area (TPSA) is 78.0 Å². The molecule has 2 heterocycles. The summed E-state index contributed by atoms with van der Waals surface area (Å²) in [4.78, 5) is 28.3. The van der Waals surface area contributed by atoms with Gasteiger partial charge in [0.05, 0.1) is 22.8 Å². The number of carbonyl (C=O) groups excluding carboxylic acids is 2. The predicted molar refractivity (Wildman–Crippen MR) is 109 cm³/mol. The molecule has 1 amide bonds. The number of para-hydroxylation sites is 1. The Morgan fingerprint density at radius 3 is 2.34 bits per heavy atom. The second-order valence-electron chi connectivity index (χ2n) is 7.51. The Morgan fingerprint density at radius 1 is 0.931 bits per heavy atom. The van der Waals surface area contributed by atoms with Crippen LogP contribution < -0.4 is 4.90 Å². The van der Waals surface area contributed by atoms with Gasteiger partial charge in [0, 0.05) is 26.2 Å². The number of sulfonamides is 1. The number of piperazine rings is 1. The molecule has 0 saturated carbocycles. The molecule has 29 heavy (non-hydrogen) atoms. The van der Waals surface area contributed by atoms with E-state index >= 15 is 0 Å². The number of anilines is 1. The molecule has 1 saturated heterocycles. The van der Waals surface area contributed by atoms with E-state index < -0.39 is 21.7 Å². The molecule has 0 N–H and O–H groups in total. The van der Waals surface area contributed by atoms with Gasteiger partial charge in [0.25, 0.3) is 5.78 Å². The Labute approximate surface area is 170 Å². The van der Waals surface area contributed by atoms with Crippen molar-refractivity contribution >= 4 is 27.4 Å². The second kappa shape index (κ2) is 7.37. The lowest BCUT2D eigenvalue weighted by Gasteiger charge is -2.36. The lowest BCUT2D eigenvalue weighted by Crippen LogP contribution is -2.52. The first-order chi connectivity index (χ1) is 13.8. The lowest BCUT2D eigenvalue weighted by atomic mass is 10.1. The van der Waals surface area contributed by atoms with Gasteiger partial charge < -0.3 is 0 Å². The Hall–Kier alpha value is -2.55. The summed E-state index contributed by atoms with van der Waals surface area (Å²) < 4.78 is 27.6. The van der Waals surface area contributed by atoms with E-state index in [1.54, 1.807) is 37.3 Å². The summed E-state index contributed by atoms with van der Waals surface area (Å²) in [6, 6.07) is 12.4. The number of amides is 1. The van der Waals surface area contributed by atoms with Crippen LogP contribution in [0.3, 0.4) is 0 Å². The summed E-state index contributed by atoms with van der Waals surface area (Å²) in [5.41, 5.74) is 2.68. The quantitative estimate of drug-likeness (QED) is 0.715. The van der Waals surface area contributed by atoms with E-state index in [0.717, 1.165) is 11.1 Å². The average Bonchev–Trinajstić information content (AvgIpc) is 2.95. The molecule has 1 fully saturated rings. The standard InChI is InChI=1S/C21H23N3O4S/c1-15-7-8-16(2)19(13-15)29(27,28)23-11-9-22(10-12-23)14-24-18-6-4-3-5-17(18)20(25)21(24)26/h3-8,13H,9-12,14H2,1-2H3. The number of rotatable bonds is 4. The van der Waals surface area contributed by atoms with Gasteiger partial charge in [-0.1, -0.05) is 24.3 Å². The van der Waals surface area contributed by atoms with Crippen molar-refractivity contribution in [2.75, 3.05) is 37.7 Å². The number of nitrogens with zero attached hydrogens (tertiary/aromatic N) is 3. The molecule has 4 rings (SSSR count). The zero-order valence-corrected chi connectivity index (χ0v) is 17.3. The van der Waals surface area contributed by atoms with Crippen LogP contribution >= 0.6 is 0 Å². The molecule has 7 nitrogen and oxygen atoms in total. The maximum atomic E-state index is 13.1. The van der Waals surface area contributed by atoms with Crippen LogP contribution in [0.15, 0.2) is 47.4 Å². The van der Waals surface area contributed by atoms with Crippen molar-refractivity contribution in [2.45, 2.75) is 18.7 Å². The largest absolute Gasteiger partial charge is 0.300 e. The molecule has 2 aliphatic heterocycles. The van der Waals surface area contributed by atoms with Crippen molar-refractivity contribution < 1.29 is 18.0 Å². The highest BCUT2D eigenvalue weighted by molar-refractivity contribution is 7.89. The number of ketones is 1. The minimum Gasteiger partial charge on any atom is -0.291 e. The van der Waals surface area contributed by atoms with Gasteiger partial charge in [-0.2, -0.15) is 4.31 Å². The molecule has 0 aromatic heterocycles. The molecule has 0 aliphatic carbocycles. The summed E-state index contributed by atoms with van der Waals surface area (Å²) in [6.07, 6.45) is 0. The van der Waals surface area contributed by atoms with E-state index in [-0.39, 0.29) is 6.67 Å². The van der Waals surface area contributed by atoms with Gasteiger partial charge in [0.2, 0.25) is 10.0 Å². The van der Waals surface area contributed by atoms with Gasteiger partial charge >= 0.3 is 5.91 Å². The fourth-order valence-corrected chi connectivity index (χ4v) is 5.56. The predicted octanol–water partition coefficient (Wildman–Crippen LogP) is 1.80. The molecular weight excluding hydrogens is 390 g/mol. The monoisotopic (exact) mass is 413 g/mol. The van der Waals surface area contributed by atoms with Gasteiger partial charge in [-0.25, -0.2) is 8.42 Å². The molecule has 0 bridgehead atoms. The van der Waals surface area contributed by atoms with E-state index in [9.17, 15) is 18.0 Å². The minimum absolute atomic E-state index is 0.277. The third-order valence-electron chi connectivity index (χ3n) is 5.51. The van der Waals surface area contributed by atoms with Gasteiger partial charge in [0.15, 0.2) is 0 Å². The van der Waals surface area contributed by atoms with E-state index in [1.807, 2.05) is 24.0 Å². The van der Waals surface area contributed by atoms with E-state index in [0.29, 0.717) is 42.3 Å². The number of benzene rings is 2. The highest BCUT2D eigenvalue weighted by atomic mass is 32.2. The van der Waals surface area contributed by atoms with Crippen molar-refractivity contribution in [3.05, 3.63) is 59.2 Å². The average molecular weight is 413 g/mol. The summed E-state index contributed by atoms with van der Waals surface area (Å²) in [5, 5.41) is 0. The Balaban J connectivity index is 1.46. The third kappa shape index (κ3) is 3.48. The number of hydrogen-bond acceptors (Lipinski definition) is 5. The Morgan fingerprint density at radius 2 is 1.62 bits per heavy atom. The molecule has 2 aliphatic rings. The molecule has 0 radical (unpaired) electrons. The molecule has 152 valence electrons. The normalized spacial score (nSPS) is 18.3. The molecule has 2 aromatic rings. The summed E-state index contributed by atoms with van der Waals surface area (Å²) >= 11 is 0. The van der Waals surface area contributed by atoms with Crippen LogP contribution in [-0.2, 0) is 14.8 Å². The van der Waals surface area contributed by atoms with Crippen LogP contribution in [-0.4, -0.2) is 62.2 Å². The molecule has 0 spiro atoms. The highest BCUT2D eigenvalue weighted by Crippen LogP contribution is 2.29. The number of hydrogen-bond donors (Lipinski definition) is 0.